The number of nitrogens with one attached hydrogen (secondary N) is 1. The molecule has 0 fully saturated rings. The lowest BCUT2D eigenvalue weighted by Crippen LogP contribution is -2.24. The predicted molar refractivity (Wildman–Crippen MR) is 67.8 cm³/mol. The lowest BCUT2D eigenvalue weighted by atomic mass is 10.1. The van der Waals surface area contributed by atoms with Gasteiger partial charge in [0.05, 0.1) is 0 Å². The van der Waals surface area contributed by atoms with Gasteiger partial charge in [-0.15, -0.1) is 0 Å². The van der Waals surface area contributed by atoms with E-state index in [9.17, 15) is 4.79 Å². The largest absolute Gasteiger partial charge is 0.352 e. The molecule has 1 N–H and O–H groups in total. The molecule has 0 spiro atoms. The third-order valence-electron chi connectivity index (χ3n) is 1.59. The first-order valence-corrected chi connectivity index (χ1v) is 5.99. The Morgan fingerprint density at radius 2 is 1.87 bits per heavy atom. The van der Waals surface area contributed by atoms with Crippen molar-refractivity contribution in [3.63, 3.8) is 0 Å². The monoisotopic (exact) mass is 211 g/mol. The summed E-state index contributed by atoms with van der Waals surface area (Å²) in [6.45, 7) is 10.6. The maximum absolute atomic E-state index is 11.2. The first kappa shape index (κ1) is 16.4. The van der Waals surface area contributed by atoms with E-state index in [0.29, 0.717) is 6.54 Å². The summed E-state index contributed by atoms with van der Waals surface area (Å²) in [6, 6.07) is 0. The van der Waals surface area contributed by atoms with Crippen LogP contribution in [0.2, 0.25) is 0 Å². The van der Waals surface area contributed by atoms with Crippen LogP contribution in [0, 0.1) is 0 Å². The van der Waals surface area contributed by atoms with E-state index in [0.717, 1.165) is 18.4 Å². The molecule has 1 aliphatic rings. The Bertz CT molecular complexity index is 205. The maximum Gasteiger partial charge on any atom is 0.250 e. The summed E-state index contributed by atoms with van der Waals surface area (Å²) in [5.74, 6) is 0.0449. The van der Waals surface area contributed by atoms with E-state index < -0.39 is 0 Å². The van der Waals surface area contributed by atoms with Gasteiger partial charge in [-0.05, 0) is 19.8 Å². The van der Waals surface area contributed by atoms with E-state index in [4.69, 9.17) is 0 Å². The second kappa shape index (κ2) is 12.9. The maximum atomic E-state index is 11.2. The Balaban J connectivity index is 0. The van der Waals surface area contributed by atoms with Gasteiger partial charge in [0, 0.05) is 12.1 Å². The number of hydrogen-bond acceptors (Lipinski definition) is 1. The molecule has 0 saturated heterocycles. The number of allylic oxidation sites excluding steroid dienone is 2. The fourth-order valence-electron chi connectivity index (χ4n) is 1.04. The highest BCUT2D eigenvalue weighted by Gasteiger charge is 2.05. The highest BCUT2D eigenvalue weighted by Crippen LogP contribution is 2.08. The Hall–Kier alpha value is -1.05. The van der Waals surface area contributed by atoms with Gasteiger partial charge < -0.3 is 5.32 Å². The van der Waals surface area contributed by atoms with Gasteiger partial charge in [0.1, 0.15) is 0 Å². The molecule has 1 aliphatic carbocycles. The summed E-state index contributed by atoms with van der Waals surface area (Å²) in [5, 5.41) is 2.76. The molecule has 0 atom stereocenters. The number of amides is 1. The summed E-state index contributed by atoms with van der Waals surface area (Å²) in [6.07, 6.45) is 7.94. The molecule has 0 aromatic heterocycles. The summed E-state index contributed by atoms with van der Waals surface area (Å²) >= 11 is 0. The highest BCUT2D eigenvalue weighted by molar-refractivity contribution is 5.96. The zero-order valence-electron chi connectivity index (χ0n) is 10.8. The number of rotatable bonds is 2. The van der Waals surface area contributed by atoms with Crippen LogP contribution < -0.4 is 5.32 Å². The van der Waals surface area contributed by atoms with Crippen molar-refractivity contribution < 1.29 is 4.79 Å². The minimum Gasteiger partial charge on any atom is -0.352 e. The van der Waals surface area contributed by atoms with Crippen molar-refractivity contribution in [3.05, 3.63) is 23.8 Å². The van der Waals surface area contributed by atoms with E-state index in [2.05, 4.69) is 5.32 Å². The topological polar surface area (TPSA) is 29.1 Å². The Kier molecular flexibility index (Phi) is 14.1. The molecular formula is C13H25NO. The molecule has 0 saturated carbocycles. The summed E-state index contributed by atoms with van der Waals surface area (Å²) in [7, 11) is 0. The molecule has 15 heavy (non-hydrogen) atoms. The molecule has 0 bridgehead atoms. The van der Waals surface area contributed by atoms with Crippen molar-refractivity contribution in [2.24, 2.45) is 0 Å². The normalized spacial score (nSPS) is 12.5. The molecule has 1 rings (SSSR count). The van der Waals surface area contributed by atoms with Gasteiger partial charge in [-0.1, -0.05) is 45.9 Å². The van der Waals surface area contributed by atoms with Crippen molar-refractivity contribution in [1.29, 1.82) is 0 Å². The number of hydrogen-bond donors (Lipinski definition) is 1. The summed E-state index contributed by atoms with van der Waals surface area (Å²) in [4.78, 5) is 11.2. The van der Waals surface area contributed by atoms with E-state index in [1.54, 1.807) is 0 Å². The van der Waals surface area contributed by atoms with Crippen molar-refractivity contribution in [2.75, 3.05) is 6.54 Å². The smallest absolute Gasteiger partial charge is 0.250 e. The third kappa shape index (κ3) is 7.98. The van der Waals surface area contributed by atoms with Gasteiger partial charge in [-0.2, -0.15) is 0 Å². The standard InChI is InChI=1S/C9H13NO.2C2H6/c1-2-10-9(11)8-6-4-3-5-7-8;2*1-2/h4,6-7H,2-3,5H2,1H3,(H,10,11);2*1-2H3. The Labute approximate surface area is 94.5 Å². The van der Waals surface area contributed by atoms with Gasteiger partial charge in [-0.3, -0.25) is 4.79 Å². The fraction of sp³-hybridized carbons (Fsp3) is 0.615. The van der Waals surface area contributed by atoms with Crippen LogP contribution in [0.1, 0.15) is 47.5 Å². The van der Waals surface area contributed by atoms with E-state index in [1.165, 1.54) is 0 Å². The van der Waals surface area contributed by atoms with Crippen LogP contribution in [0.25, 0.3) is 0 Å². The second-order valence-corrected chi connectivity index (χ2v) is 2.50. The van der Waals surface area contributed by atoms with Crippen LogP contribution in [0.3, 0.4) is 0 Å². The fourth-order valence-corrected chi connectivity index (χ4v) is 1.04. The summed E-state index contributed by atoms with van der Waals surface area (Å²) in [5.41, 5.74) is 0.804. The average molecular weight is 211 g/mol. The molecule has 0 unspecified atom stereocenters. The molecule has 88 valence electrons. The lowest BCUT2D eigenvalue weighted by Gasteiger charge is -2.05. The molecule has 0 radical (unpaired) electrons. The summed E-state index contributed by atoms with van der Waals surface area (Å²) < 4.78 is 0. The van der Waals surface area contributed by atoms with Gasteiger partial charge >= 0.3 is 0 Å². The minimum absolute atomic E-state index is 0.0449. The van der Waals surface area contributed by atoms with Crippen LogP contribution in [-0.2, 0) is 4.79 Å². The minimum atomic E-state index is 0.0449. The molecule has 0 heterocycles. The van der Waals surface area contributed by atoms with Crippen molar-refractivity contribution in [3.8, 4) is 0 Å². The Morgan fingerprint density at radius 3 is 2.27 bits per heavy atom. The number of likely N-dealkylation sites (N-methyl/N-ethyl adjacent to an activating group) is 1. The quantitative estimate of drug-likeness (QED) is 0.744. The van der Waals surface area contributed by atoms with Crippen LogP contribution in [0.4, 0.5) is 0 Å². The van der Waals surface area contributed by atoms with Gasteiger partial charge in [-0.25, -0.2) is 0 Å². The first-order chi connectivity index (χ1) is 7.34. The zero-order valence-corrected chi connectivity index (χ0v) is 10.8. The van der Waals surface area contributed by atoms with Crippen molar-refractivity contribution in [1.82, 2.24) is 5.32 Å². The average Bonchev–Trinajstić information content (AvgIpc) is 2.36. The molecule has 2 heteroatoms. The third-order valence-corrected chi connectivity index (χ3v) is 1.59. The molecule has 1 amide bonds. The first-order valence-electron chi connectivity index (χ1n) is 5.99. The molecule has 0 aromatic rings. The van der Waals surface area contributed by atoms with Gasteiger partial charge in [0.25, 0.3) is 5.91 Å². The SMILES string of the molecule is CC.CC.CCNC(=O)C1=CCCC=C1. The van der Waals surface area contributed by atoms with Crippen LogP contribution in [0.15, 0.2) is 23.8 Å². The zero-order chi connectivity index (χ0) is 12.1. The highest BCUT2D eigenvalue weighted by atomic mass is 16.1. The van der Waals surface area contributed by atoms with Crippen LogP contribution >= 0.6 is 0 Å². The number of carbonyl (C=O) groups excluding carboxylic acids is 1. The second-order valence-electron chi connectivity index (χ2n) is 2.50. The van der Waals surface area contributed by atoms with Gasteiger partial charge in [0.15, 0.2) is 0 Å². The van der Waals surface area contributed by atoms with Gasteiger partial charge in [0.2, 0.25) is 0 Å². The Morgan fingerprint density at radius 1 is 1.27 bits per heavy atom. The van der Waals surface area contributed by atoms with Crippen LogP contribution in [0.5, 0.6) is 0 Å². The van der Waals surface area contributed by atoms with Crippen LogP contribution in [-0.4, -0.2) is 12.5 Å². The number of carbonyl (C=O) groups is 1. The molecule has 0 aromatic carbocycles. The predicted octanol–water partition coefficient (Wildman–Crippen LogP) is 3.45. The van der Waals surface area contributed by atoms with Crippen molar-refractivity contribution >= 4 is 5.91 Å². The van der Waals surface area contributed by atoms with Crippen molar-refractivity contribution in [2.45, 2.75) is 47.5 Å². The van der Waals surface area contributed by atoms with E-state index >= 15 is 0 Å². The van der Waals surface area contributed by atoms with E-state index in [1.807, 2.05) is 52.8 Å². The molecular weight excluding hydrogens is 186 g/mol. The molecule has 2 nitrogen and oxygen atoms in total. The van der Waals surface area contributed by atoms with E-state index in [-0.39, 0.29) is 5.91 Å². The lowest BCUT2D eigenvalue weighted by molar-refractivity contribution is -0.117. The molecule has 0 aliphatic heterocycles.